The van der Waals surface area contributed by atoms with E-state index in [0.29, 0.717) is 12.2 Å². The van der Waals surface area contributed by atoms with Gasteiger partial charge in [0.2, 0.25) is 0 Å². The topological polar surface area (TPSA) is 34.9 Å². The number of carbonyl (C=O) groups is 1. The minimum Gasteiger partial charge on any atom is -0.333 e. The molecule has 0 saturated heterocycles. The van der Waals surface area contributed by atoms with Crippen molar-refractivity contribution in [1.29, 1.82) is 0 Å². The molecule has 3 nitrogen and oxygen atoms in total. The fourth-order valence-corrected chi connectivity index (χ4v) is 0.916. The van der Waals surface area contributed by atoms with Crippen LogP contribution < -0.4 is 0 Å². The van der Waals surface area contributed by atoms with Gasteiger partial charge in [0.25, 0.3) is 0 Å². The van der Waals surface area contributed by atoms with Crippen molar-refractivity contribution in [2.75, 3.05) is 0 Å². The quantitative estimate of drug-likeness (QED) is 0.672. The summed E-state index contributed by atoms with van der Waals surface area (Å²) in [5, 5.41) is 0. The van der Waals surface area contributed by atoms with E-state index in [0.717, 1.165) is 11.9 Å². The highest BCUT2D eigenvalue weighted by atomic mass is 35.5. The predicted octanol–water partition coefficient (Wildman–Crippen LogP) is 1.84. The van der Waals surface area contributed by atoms with Crippen LogP contribution in [0.1, 0.15) is 17.4 Å². The summed E-state index contributed by atoms with van der Waals surface area (Å²) in [5.74, 6) is 0. The first-order valence-corrected chi connectivity index (χ1v) is 3.92. The summed E-state index contributed by atoms with van der Waals surface area (Å²) in [7, 11) is 0. The molecule has 1 heterocycles. The van der Waals surface area contributed by atoms with Gasteiger partial charge in [-0.05, 0) is 12.5 Å². The van der Waals surface area contributed by atoms with Gasteiger partial charge in [0.05, 0.1) is 6.33 Å². The summed E-state index contributed by atoms with van der Waals surface area (Å²) in [4.78, 5) is 14.1. The molecule has 1 aromatic heterocycles. The summed E-state index contributed by atoms with van der Waals surface area (Å²) < 4.78 is 1.80. The van der Waals surface area contributed by atoms with E-state index in [1.807, 2.05) is 6.92 Å². The van der Waals surface area contributed by atoms with Gasteiger partial charge in [-0.25, -0.2) is 4.98 Å². The van der Waals surface area contributed by atoms with Crippen LogP contribution in [0.2, 0.25) is 0 Å². The summed E-state index contributed by atoms with van der Waals surface area (Å²) in [5.41, 5.74) is 2.98. The lowest BCUT2D eigenvalue weighted by Gasteiger charge is -1.98. The number of nitrogens with zero attached hydrogens (tertiary/aromatic N) is 2. The van der Waals surface area contributed by atoms with Crippen molar-refractivity contribution in [3.63, 3.8) is 0 Å². The fourth-order valence-electron chi connectivity index (χ4n) is 0.847. The molecule has 0 aliphatic rings. The van der Waals surface area contributed by atoms with Gasteiger partial charge < -0.3 is 4.57 Å². The van der Waals surface area contributed by atoms with Gasteiger partial charge in [0, 0.05) is 18.3 Å². The molecule has 1 rings (SSSR count). The lowest BCUT2D eigenvalue weighted by molar-refractivity contribution is 0.111. The van der Waals surface area contributed by atoms with Crippen molar-refractivity contribution in [3.8, 4) is 0 Å². The maximum absolute atomic E-state index is 10.3. The van der Waals surface area contributed by atoms with E-state index in [1.54, 1.807) is 17.1 Å². The standard InChI is InChI=1S/C8H9ClN2O/c1-7(2-9)3-11-4-8(5-12)10-6-11/h2,4-6H,3H2,1H3. The van der Waals surface area contributed by atoms with Crippen molar-refractivity contribution in [1.82, 2.24) is 9.55 Å². The maximum atomic E-state index is 10.3. The van der Waals surface area contributed by atoms with Gasteiger partial charge in [0.1, 0.15) is 5.69 Å². The van der Waals surface area contributed by atoms with Gasteiger partial charge in [0.15, 0.2) is 6.29 Å². The van der Waals surface area contributed by atoms with Crippen LogP contribution in [0, 0.1) is 0 Å². The molecule has 12 heavy (non-hydrogen) atoms. The van der Waals surface area contributed by atoms with Crippen LogP contribution in [0.25, 0.3) is 0 Å². The van der Waals surface area contributed by atoms with E-state index in [4.69, 9.17) is 11.6 Å². The number of hydrogen-bond acceptors (Lipinski definition) is 2. The SMILES string of the molecule is CC(=CCl)Cn1cnc(C=O)c1. The Morgan fingerprint density at radius 3 is 3.08 bits per heavy atom. The van der Waals surface area contributed by atoms with Crippen LogP contribution in [0.15, 0.2) is 23.6 Å². The molecule has 0 fully saturated rings. The average Bonchev–Trinajstić information content (AvgIpc) is 2.52. The minimum absolute atomic E-state index is 0.442. The lowest BCUT2D eigenvalue weighted by atomic mass is 10.3. The summed E-state index contributed by atoms with van der Waals surface area (Å²) >= 11 is 5.48. The molecule has 0 bridgehead atoms. The highest BCUT2D eigenvalue weighted by Crippen LogP contribution is 2.01. The second kappa shape index (κ2) is 4.07. The zero-order valence-electron chi connectivity index (χ0n) is 6.70. The normalized spacial score (nSPS) is 11.7. The Morgan fingerprint density at radius 2 is 2.58 bits per heavy atom. The van der Waals surface area contributed by atoms with E-state index in [9.17, 15) is 4.79 Å². The molecule has 0 N–H and O–H groups in total. The molecular formula is C8H9ClN2O. The first kappa shape index (κ1) is 9.00. The Labute approximate surface area is 75.7 Å². The Bertz CT molecular complexity index is 304. The summed E-state index contributed by atoms with van der Waals surface area (Å²) in [6.45, 7) is 2.58. The van der Waals surface area contributed by atoms with Crippen LogP contribution in [-0.4, -0.2) is 15.8 Å². The first-order chi connectivity index (χ1) is 5.76. The Morgan fingerprint density at radius 1 is 1.83 bits per heavy atom. The van der Waals surface area contributed by atoms with Gasteiger partial charge in [-0.15, -0.1) is 0 Å². The number of allylic oxidation sites excluding steroid dienone is 1. The third-order valence-electron chi connectivity index (χ3n) is 1.39. The van der Waals surface area contributed by atoms with Gasteiger partial charge >= 0.3 is 0 Å². The van der Waals surface area contributed by atoms with Gasteiger partial charge in [-0.2, -0.15) is 0 Å². The third kappa shape index (κ3) is 2.20. The number of halogens is 1. The van der Waals surface area contributed by atoms with Gasteiger partial charge in [-0.1, -0.05) is 11.6 Å². The first-order valence-electron chi connectivity index (χ1n) is 3.49. The van der Waals surface area contributed by atoms with Crippen LogP contribution in [0.3, 0.4) is 0 Å². The van der Waals surface area contributed by atoms with E-state index >= 15 is 0 Å². The third-order valence-corrected chi connectivity index (χ3v) is 1.76. The molecule has 4 heteroatoms. The number of imidazole rings is 1. The highest BCUT2D eigenvalue weighted by Gasteiger charge is 1.96. The smallest absolute Gasteiger partial charge is 0.169 e. The molecule has 0 radical (unpaired) electrons. The Hall–Kier alpha value is -1.09. The number of carbonyl (C=O) groups excluding carboxylic acids is 1. The number of aromatic nitrogens is 2. The van der Waals surface area contributed by atoms with Crippen LogP contribution in [-0.2, 0) is 6.54 Å². The molecule has 0 amide bonds. The van der Waals surface area contributed by atoms with Crippen LogP contribution in [0.4, 0.5) is 0 Å². The average molecular weight is 185 g/mol. The monoisotopic (exact) mass is 184 g/mol. The Balaban J connectivity index is 2.70. The molecule has 0 unspecified atom stereocenters. The molecular weight excluding hydrogens is 176 g/mol. The number of rotatable bonds is 3. The Kier molecular flexibility index (Phi) is 3.05. The summed E-state index contributed by atoms with van der Waals surface area (Å²) in [6.07, 6.45) is 4.00. The molecule has 64 valence electrons. The highest BCUT2D eigenvalue weighted by molar-refractivity contribution is 6.25. The van der Waals surface area contributed by atoms with Crippen molar-refractivity contribution in [2.24, 2.45) is 0 Å². The van der Waals surface area contributed by atoms with Crippen molar-refractivity contribution in [3.05, 3.63) is 29.3 Å². The summed E-state index contributed by atoms with van der Waals surface area (Å²) in [6, 6.07) is 0. The maximum Gasteiger partial charge on any atom is 0.169 e. The zero-order valence-corrected chi connectivity index (χ0v) is 7.45. The van der Waals surface area contributed by atoms with E-state index in [-0.39, 0.29) is 0 Å². The van der Waals surface area contributed by atoms with E-state index in [2.05, 4.69) is 4.98 Å². The number of hydrogen-bond donors (Lipinski definition) is 0. The van der Waals surface area contributed by atoms with E-state index in [1.165, 1.54) is 5.54 Å². The molecule has 0 aliphatic carbocycles. The fraction of sp³-hybridized carbons (Fsp3) is 0.250. The molecule has 0 aliphatic heterocycles. The zero-order chi connectivity index (χ0) is 8.97. The molecule has 0 saturated carbocycles. The molecule has 1 aromatic rings. The largest absolute Gasteiger partial charge is 0.333 e. The molecule has 0 aromatic carbocycles. The second-order valence-electron chi connectivity index (χ2n) is 2.54. The van der Waals surface area contributed by atoms with Crippen LogP contribution in [0.5, 0.6) is 0 Å². The lowest BCUT2D eigenvalue weighted by Crippen LogP contribution is -1.94. The van der Waals surface area contributed by atoms with E-state index < -0.39 is 0 Å². The van der Waals surface area contributed by atoms with Crippen molar-refractivity contribution < 1.29 is 4.79 Å². The van der Waals surface area contributed by atoms with Crippen molar-refractivity contribution in [2.45, 2.75) is 13.5 Å². The second-order valence-corrected chi connectivity index (χ2v) is 2.76. The molecule has 0 atom stereocenters. The van der Waals surface area contributed by atoms with Crippen molar-refractivity contribution >= 4 is 17.9 Å². The van der Waals surface area contributed by atoms with Gasteiger partial charge in [-0.3, -0.25) is 4.79 Å². The number of aldehydes is 1. The molecule has 0 spiro atoms. The minimum atomic E-state index is 0.442. The predicted molar refractivity (Wildman–Crippen MR) is 47.2 cm³/mol. The van der Waals surface area contributed by atoms with Crippen LogP contribution >= 0.6 is 11.6 Å².